The van der Waals surface area contributed by atoms with Gasteiger partial charge in [0.2, 0.25) is 0 Å². The van der Waals surface area contributed by atoms with Gasteiger partial charge in [-0.05, 0) is 11.8 Å². The summed E-state index contributed by atoms with van der Waals surface area (Å²) in [6, 6.07) is 1.12. The summed E-state index contributed by atoms with van der Waals surface area (Å²) in [6.07, 6.45) is -2.90. The van der Waals surface area contributed by atoms with E-state index in [9.17, 15) is 23.9 Å². The first-order valence-electron chi connectivity index (χ1n) is 7.04. The number of hydrogen-bond acceptors (Lipinski definition) is 9. The van der Waals surface area contributed by atoms with Gasteiger partial charge < -0.3 is 32.9 Å². The summed E-state index contributed by atoms with van der Waals surface area (Å²) in [5.41, 5.74) is -1.35. The highest BCUT2D eigenvalue weighted by Crippen LogP contribution is 2.49. The van der Waals surface area contributed by atoms with Crippen LogP contribution in [0, 0.1) is 0 Å². The van der Waals surface area contributed by atoms with Gasteiger partial charge in [0.25, 0.3) is 5.56 Å². The van der Waals surface area contributed by atoms with Crippen LogP contribution in [0.3, 0.4) is 0 Å². The average molecular weight is 445 g/mol. The topological polar surface area (TPSA) is 159 Å². The van der Waals surface area contributed by atoms with Gasteiger partial charge in [-0.3, -0.25) is 18.9 Å². The number of methoxy groups -OCH3 is 1. The van der Waals surface area contributed by atoms with Crippen molar-refractivity contribution in [2.24, 2.45) is 0 Å². The number of nitrogens with zero attached hydrogens (tertiary/aromatic N) is 1. The van der Waals surface area contributed by atoms with Gasteiger partial charge in [-0.25, -0.2) is 4.79 Å². The number of nitrogens with one attached hydrogen (secondary N) is 1. The van der Waals surface area contributed by atoms with Crippen molar-refractivity contribution < 1.29 is 37.4 Å². The summed E-state index contributed by atoms with van der Waals surface area (Å²) in [5, 5.41) is 0. The van der Waals surface area contributed by atoms with Crippen molar-refractivity contribution in [3.05, 3.63) is 33.1 Å². The van der Waals surface area contributed by atoms with Crippen molar-refractivity contribution in [2.75, 3.05) is 20.8 Å². The number of aromatic amines is 1. The highest BCUT2D eigenvalue weighted by molar-refractivity contribution is 8.07. The van der Waals surface area contributed by atoms with Crippen LogP contribution >= 0.6 is 14.2 Å². The summed E-state index contributed by atoms with van der Waals surface area (Å²) in [5.74, 6) is 0. The summed E-state index contributed by atoms with van der Waals surface area (Å²) >= 11 is 4.85. The van der Waals surface area contributed by atoms with E-state index in [0.717, 1.165) is 17.7 Å². The molecule has 12 nitrogen and oxygen atoms in total. The van der Waals surface area contributed by atoms with Crippen LogP contribution in [-0.4, -0.2) is 66.0 Å². The van der Waals surface area contributed by atoms with Gasteiger partial charge in [0.1, 0.15) is 25.8 Å². The molecule has 3 N–H and O–H groups in total. The van der Waals surface area contributed by atoms with E-state index < -0.39 is 57.5 Å². The molecule has 0 aliphatic carbocycles. The molecule has 0 radical (unpaired) electrons. The molecule has 2 rings (SSSR count). The van der Waals surface area contributed by atoms with E-state index >= 15 is 0 Å². The Bertz CT molecular complexity index is 871. The Balaban J connectivity index is 2.39. The number of aromatic nitrogens is 2. The van der Waals surface area contributed by atoms with Gasteiger partial charge in [-0.1, -0.05) is 0 Å². The number of H-pyrrole nitrogens is 1. The van der Waals surface area contributed by atoms with Gasteiger partial charge in [0.05, 0.1) is 14.2 Å². The lowest BCUT2D eigenvalue weighted by molar-refractivity contribution is -0.0606. The monoisotopic (exact) mass is 445 g/mol. The molecule has 1 aromatic rings. The molecule has 0 bridgehead atoms. The van der Waals surface area contributed by atoms with Crippen LogP contribution in [0.5, 0.6) is 0 Å². The second kappa shape index (κ2) is 8.79. The number of hydrogen-bond donors (Lipinski definition) is 3. The smallest absolute Gasteiger partial charge is 0.330 e. The van der Waals surface area contributed by atoms with Crippen molar-refractivity contribution in [2.45, 2.75) is 24.5 Å². The van der Waals surface area contributed by atoms with Crippen LogP contribution in [0.1, 0.15) is 6.23 Å². The van der Waals surface area contributed by atoms with Crippen LogP contribution in [0.2, 0.25) is 0 Å². The summed E-state index contributed by atoms with van der Waals surface area (Å²) in [4.78, 5) is 44.9. The standard InChI is InChI=1S/C11H20BN2O10P2S/c1-20-9-8(24-26(19,27)21-2)6(5-22-25(12,17)18)23-10(9)14-4-3-7(15)13-11(14)16/h3-4,6,8-10H,5H2,1-2,12H3,(H,17,18)(H,19,27)(H,13,15,16)/q-1/t6-,8?,9+,10-,26?/m1/s1. The Morgan fingerprint density at radius 1 is 1.37 bits per heavy atom. The molecule has 1 fully saturated rings. The van der Waals surface area contributed by atoms with Gasteiger partial charge in [-0.2, -0.15) is 0 Å². The van der Waals surface area contributed by atoms with E-state index in [1.807, 2.05) is 0 Å². The minimum Gasteiger partial charge on any atom is -0.374 e. The fraction of sp³-hybridized carbons (Fsp3) is 0.636. The van der Waals surface area contributed by atoms with E-state index in [1.54, 1.807) is 0 Å². The third-order valence-corrected chi connectivity index (χ3v) is 5.56. The van der Waals surface area contributed by atoms with Crippen LogP contribution in [0.4, 0.5) is 0 Å². The van der Waals surface area contributed by atoms with E-state index in [0.29, 0.717) is 0 Å². The Kier molecular flexibility index (Phi) is 7.37. The van der Waals surface area contributed by atoms with Gasteiger partial charge in [0.15, 0.2) is 6.23 Å². The first kappa shape index (κ1) is 22.6. The molecule has 0 aromatic carbocycles. The van der Waals surface area contributed by atoms with Gasteiger partial charge in [-0.15, -0.1) is 0 Å². The number of rotatable bonds is 8. The van der Waals surface area contributed by atoms with Crippen LogP contribution in [0.25, 0.3) is 0 Å². The zero-order valence-electron chi connectivity index (χ0n) is 13.6. The third kappa shape index (κ3) is 5.91. The molecule has 1 saturated heterocycles. The van der Waals surface area contributed by atoms with Crippen LogP contribution in [-0.2, 0) is 39.4 Å². The molecule has 27 heavy (non-hydrogen) atoms. The lowest BCUT2D eigenvalue weighted by atomic mass is 10.1. The van der Waals surface area contributed by atoms with Gasteiger partial charge >= 0.3 is 12.4 Å². The molecule has 0 amide bonds. The lowest BCUT2D eigenvalue weighted by Crippen LogP contribution is -2.39. The van der Waals surface area contributed by atoms with Crippen molar-refractivity contribution >= 4 is 33.6 Å². The Labute approximate surface area is 159 Å². The maximum Gasteiger partial charge on any atom is 0.330 e. The SMILES string of the molecule is [BH3-]P(=O)(O)OC[C@H]1O[C@@H](n2ccc(=O)[nH]c2=O)[C@@H](OC)C1OP(O)(=S)OC. The zero-order valence-corrected chi connectivity index (χ0v) is 16.2. The van der Waals surface area contributed by atoms with E-state index in [1.165, 1.54) is 13.3 Å². The van der Waals surface area contributed by atoms with Crippen molar-refractivity contribution in [3.63, 3.8) is 0 Å². The molecule has 154 valence electrons. The quantitative estimate of drug-likeness (QED) is 0.306. The average Bonchev–Trinajstić information content (AvgIpc) is 2.89. The molecule has 1 aliphatic heterocycles. The third-order valence-electron chi connectivity index (χ3n) is 3.52. The first-order chi connectivity index (χ1) is 12.5. The maximum absolute atomic E-state index is 12.1. The van der Waals surface area contributed by atoms with E-state index in [-0.39, 0.29) is 6.61 Å². The van der Waals surface area contributed by atoms with E-state index in [4.69, 9.17) is 34.9 Å². The van der Waals surface area contributed by atoms with Crippen molar-refractivity contribution in [1.82, 2.24) is 9.55 Å². The number of ether oxygens (including phenoxy) is 2. The molecule has 16 heteroatoms. The molecular formula is C11H20BN2O10P2S-. The van der Waals surface area contributed by atoms with Crippen LogP contribution in [0.15, 0.2) is 21.9 Å². The highest BCUT2D eigenvalue weighted by atomic mass is 32.5. The van der Waals surface area contributed by atoms with Crippen molar-refractivity contribution in [1.29, 1.82) is 0 Å². The normalized spacial score (nSPS) is 30.0. The molecule has 1 aliphatic rings. The Morgan fingerprint density at radius 3 is 2.56 bits per heavy atom. The molecule has 0 saturated carbocycles. The predicted octanol–water partition coefficient (Wildman–Crippen LogP) is -1.82. The second-order valence-electron chi connectivity index (χ2n) is 5.04. The molecule has 6 atom stereocenters. The Morgan fingerprint density at radius 2 is 2.04 bits per heavy atom. The van der Waals surface area contributed by atoms with Gasteiger partial charge in [0, 0.05) is 26.5 Å². The molecule has 3 unspecified atom stereocenters. The summed E-state index contributed by atoms with van der Waals surface area (Å²) < 4.78 is 38.9. The molecule has 1 aromatic heterocycles. The second-order valence-corrected chi connectivity index (χ2v) is 8.67. The summed E-state index contributed by atoms with van der Waals surface area (Å²) in [6.45, 7) is -4.01. The lowest BCUT2D eigenvalue weighted by Gasteiger charge is -2.26. The molecule has 0 spiro atoms. The Hall–Kier alpha value is -0.655. The zero-order chi connectivity index (χ0) is 20.4. The minimum atomic E-state index is -3.66. The van der Waals surface area contributed by atoms with E-state index in [2.05, 4.69) is 4.98 Å². The highest BCUT2D eigenvalue weighted by Gasteiger charge is 2.49. The fourth-order valence-electron chi connectivity index (χ4n) is 2.41. The van der Waals surface area contributed by atoms with Crippen LogP contribution < -0.4 is 11.2 Å². The predicted molar refractivity (Wildman–Crippen MR) is 100 cm³/mol. The first-order valence-corrected chi connectivity index (χ1v) is 10.8. The minimum absolute atomic E-state index is 0.352. The maximum atomic E-state index is 12.1. The van der Waals surface area contributed by atoms with Crippen molar-refractivity contribution in [3.8, 4) is 0 Å². The molecular weight excluding hydrogens is 425 g/mol. The fourth-order valence-corrected chi connectivity index (χ4v) is 3.63. The molecule has 2 heterocycles. The largest absolute Gasteiger partial charge is 0.374 e. The summed E-state index contributed by atoms with van der Waals surface area (Å²) in [7, 11) is -2.10.